The molecule has 1 aromatic carbocycles. The van der Waals surface area contributed by atoms with Gasteiger partial charge in [0.05, 0.1) is 7.11 Å². The number of ether oxygens (including phenoxy) is 2. The molecule has 2 N–H and O–H groups in total. The van der Waals surface area contributed by atoms with Gasteiger partial charge in [-0.3, -0.25) is 0 Å². The molecule has 1 aliphatic heterocycles. The number of nitrogens with zero attached hydrogens (tertiary/aromatic N) is 1. The Hall–Kier alpha value is -1.26. The second kappa shape index (κ2) is 6.07. The SMILES string of the molecule is COc1ccc(CN)cc1OC1CCCN(C)C1. The molecule has 0 bridgehead atoms. The maximum Gasteiger partial charge on any atom is 0.161 e. The molecule has 0 spiro atoms. The molecule has 4 nitrogen and oxygen atoms in total. The van der Waals surface area contributed by atoms with Crippen LogP contribution in [-0.4, -0.2) is 38.3 Å². The second-order valence-electron chi connectivity index (χ2n) is 4.83. The van der Waals surface area contributed by atoms with Crippen molar-refractivity contribution in [3.05, 3.63) is 23.8 Å². The second-order valence-corrected chi connectivity index (χ2v) is 4.83. The monoisotopic (exact) mass is 250 g/mol. The van der Waals surface area contributed by atoms with Crippen molar-refractivity contribution in [1.29, 1.82) is 0 Å². The Morgan fingerprint density at radius 3 is 2.89 bits per heavy atom. The lowest BCUT2D eigenvalue weighted by Crippen LogP contribution is -2.38. The van der Waals surface area contributed by atoms with E-state index < -0.39 is 0 Å². The summed E-state index contributed by atoms with van der Waals surface area (Å²) in [6.07, 6.45) is 2.52. The van der Waals surface area contributed by atoms with Gasteiger partial charge in [-0.25, -0.2) is 0 Å². The predicted molar refractivity (Wildman–Crippen MR) is 72.0 cm³/mol. The Kier molecular flexibility index (Phi) is 4.44. The van der Waals surface area contributed by atoms with E-state index in [0.29, 0.717) is 6.54 Å². The maximum absolute atomic E-state index is 6.07. The highest BCUT2D eigenvalue weighted by Crippen LogP contribution is 2.30. The largest absolute Gasteiger partial charge is 0.493 e. The van der Waals surface area contributed by atoms with E-state index in [1.807, 2.05) is 18.2 Å². The van der Waals surface area contributed by atoms with Crippen LogP contribution in [0.2, 0.25) is 0 Å². The molecule has 2 rings (SSSR count). The van der Waals surface area contributed by atoms with Gasteiger partial charge < -0.3 is 20.1 Å². The smallest absolute Gasteiger partial charge is 0.161 e. The first-order valence-electron chi connectivity index (χ1n) is 6.45. The van der Waals surface area contributed by atoms with Crippen LogP contribution >= 0.6 is 0 Å². The molecule has 1 fully saturated rings. The maximum atomic E-state index is 6.07. The van der Waals surface area contributed by atoms with Gasteiger partial charge in [-0.1, -0.05) is 6.07 Å². The van der Waals surface area contributed by atoms with Crippen LogP contribution in [0.1, 0.15) is 18.4 Å². The van der Waals surface area contributed by atoms with Crippen LogP contribution in [0.4, 0.5) is 0 Å². The van der Waals surface area contributed by atoms with Crippen molar-refractivity contribution in [2.75, 3.05) is 27.2 Å². The zero-order valence-corrected chi connectivity index (χ0v) is 11.2. The van der Waals surface area contributed by atoms with E-state index in [0.717, 1.165) is 36.6 Å². The van der Waals surface area contributed by atoms with Gasteiger partial charge in [0.25, 0.3) is 0 Å². The number of nitrogens with two attached hydrogens (primary N) is 1. The molecule has 1 atom stereocenters. The van der Waals surface area contributed by atoms with Crippen LogP contribution < -0.4 is 15.2 Å². The standard InChI is InChI=1S/C14H22N2O2/c1-16-7-3-4-12(10-16)18-14-8-11(9-15)5-6-13(14)17-2/h5-6,8,12H,3-4,7,9-10,15H2,1-2H3. The van der Waals surface area contributed by atoms with Crippen LogP contribution in [0.15, 0.2) is 18.2 Å². The number of rotatable bonds is 4. The number of piperidine rings is 1. The molecule has 1 saturated heterocycles. The lowest BCUT2D eigenvalue weighted by atomic mass is 10.1. The summed E-state index contributed by atoms with van der Waals surface area (Å²) in [6.45, 7) is 2.64. The topological polar surface area (TPSA) is 47.7 Å². The van der Waals surface area contributed by atoms with Gasteiger partial charge in [-0.05, 0) is 44.1 Å². The van der Waals surface area contributed by atoms with Crippen LogP contribution in [0.3, 0.4) is 0 Å². The highest BCUT2D eigenvalue weighted by molar-refractivity contribution is 5.43. The van der Waals surface area contributed by atoms with E-state index in [9.17, 15) is 0 Å². The van der Waals surface area contributed by atoms with E-state index in [2.05, 4.69) is 11.9 Å². The minimum absolute atomic E-state index is 0.241. The molecule has 0 saturated carbocycles. The summed E-state index contributed by atoms with van der Waals surface area (Å²) in [7, 11) is 3.79. The van der Waals surface area contributed by atoms with Crippen LogP contribution in [0.5, 0.6) is 11.5 Å². The molecule has 100 valence electrons. The first kappa shape index (κ1) is 13.2. The van der Waals surface area contributed by atoms with E-state index in [-0.39, 0.29) is 6.10 Å². The molecule has 1 heterocycles. The molecule has 0 radical (unpaired) electrons. The average molecular weight is 250 g/mol. The van der Waals surface area contributed by atoms with Gasteiger partial charge in [0.1, 0.15) is 6.10 Å². The van der Waals surface area contributed by atoms with Crippen molar-refractivity contribution in [3.8, 4) is 11.5 Å². The number of benzene rings is 1. The molecule has 1 unspecified atom stereocenters. The third-order valence-electron chi connectivity index (χ3n) is 3.34. The minimum Gasteiger partial charge on any atom is -0.493 e. The van der Waals surface area contributed by atoms with Crippen molar-refractivity contribution < 1.29 is 9.47 Å². The molecule has 0 aromatic heterocycles. The molecular weight excluding hydrogens is 228 g/mol. The fourth-order valence-electron chi connectivity index (χ4n) is 2.34. The van der Waals surface area contributed by atoms with Crippen LogP contribution in [0, 0.1) is 0 Å². The van der Waals surface area contributed by atoms with Crippen molar-refractivity contribution in [3.63, 3.8) is 0 Å². The van der Waals surface area contributed by atoms with E-state index in [1.54, 1.807) is 7.11 Å². The molecular formula is C14H22N2O2. The lowest BCUT2D eigenvalue weighted by molar-refractivity contribution is 0.101. The third-order valence-corrected chi connectivity index (χ3v) is 3.34. The minimum atomic E-state index is 0.241. The summed E-state index contributed by atoms with van der Waals surface area (Å²) < 4.78 is 11.4. The van der Waals surface area contributed by atoms with Gasteiger partial charge in [-0.15, -0.1) is 0 Å². The number of likely N-dealkylation sites (tertiary alicyclic amines) is 1. The molecule has 1 aromatic rings. The van der Waals surface area contributed by atoms with Gasteiger partial charge in [0.2, 0.25) is 0 Å². The van der Waals surface area contributed by atoms with E-state index in [4.69, 9.17) is 15.2 Å². The molecule has 0 aliphatic carbocycles. The first-order chi connectivity index (χ1) is 8.72. The highest BCUT2D eigenvalue weighted by Gasteiger charge is 2.20. The van der Waals surface area contributed by atoms with Crippen molar-refractivity contribution >= 4 is 0 Å². The zero-order valence-electron chi connectivity index (χ0n) is 11.2. The van der Waals surface area contributed by atoms with Crippen molar-refractivity contribution in [2.45, 2.75) is 25.5 Å². The summed E-state index contributed by atoms with van der Waals surface area (Å²) in [5, 5.41) is 0. The Morgan fingerprint density at radius 1 is 1.39 bits per heavy atom. The Bertz CT molecular complexity index is 395. The summed E-state index contributed by atoms with van der Waals surface area (Å²) in [5.41, 5.74) is 6.73. The number of methoxy groups -OCH3 is 1. The first-order valence-corrected chi connectivity index (χ1v) is 6.45. The summed E-state index contributed by atoms with van der Waals surface area (Å²) in [4.78, 5) is 2.30. The number of hydrogen-bond acceptors (Lipinski definition) is 4. The fraction of sp³-hybridized carbons (Fsp3) is 0.571. The van der Waals surface area contributed by atoms with Gasteiger partial charge >= 0.3 is 0 Å². The number of likely N-dealkylation sites (N-methyl/N-ethyl adjacent to an activating group) is 1. The Morgan fingerprint density at radius 2 is 2.22 bits per heavy atom. The fourth-order valence-corrected chi connectivity index (χ4v) is 2.34. The number of hydrogen-bond donors (Lipinski definition) is 1. The Balaban J connectivity index is 2.11. The van der Waals surface area contributed by atoms with Crippen LogP contribution in [-0.2, 0) is 6.54 Å². The van der Waals surface area contributed by atoms with Gasteiger partial charge in [0.15, 0.2) is 11.5 Å². The van der Waals surface area contributed by atoms with Crippen LogP contribution in [0.25, 0.3) is 0 Å². The van der Waals surface area contributed by atoms with E-state index in [1.165, 1.54) is 6.42 Å². The van der Waals surface area contributed by atoms with Crippen molar-refractivity contribution in [1.82, 2.24) is 4.90 Å². The zero-order chi connectivity index (χ0) is 13.0. The third kappa shape index (κ3) is 3.15. The predicted octanol–water partition coefficient (Wildman–Crippen LogP) is 1.63. The lowest BCUT2D eigenvalue weighted by Gasteiger charge is -2.30. The van der Waals surface area contributed by atoms with Gasteiger partial charge in [0, 0.05) is 13.1 Å². The highest BCUT2D eigenvalue weighted by atomic mass is 16.5. The summed E-state index contributed by atoms with van der Waals surface area (Å²) in [5.74, 6) is 1.58. The Labute approximate surface area is 109 Å². The van der Waals surface area contributed by atoms with E-state index >= 15 is 0 Å². The van der Waals surface area contributed by atoms with Gasteiger partial charge in [-0.2, -0.15) is 0 Å². The molecule has 0 amide bonds. The normalized spacial score (nSPS) is 20.7. The molecule has 4 heteroatoms. The van der Waals surface area contributed by atoms with Crippen molar-refractivity contribution in [2.24, 2.45) is 5.73 Å². The quantitative estimate of drug-likeness (QED) is 0.882. The molecule has 1 aliphatic rings. The molecule has 18 heavy (non-hydrogen) atoms. The summed E-state index contributed by atoms with van der Waals surface area (Å²) >= 11 is 0. The summed E-state index contributed by atoms with van der Waals surface area (Å²) in [6, 6.07) is 5.87. The average Bonchev–Trinajstić information content (AvgIpc) is 2.38.